The topological polar surface area (TPSA) is 32.3 Å². The van der Waals surface area contributed by atoms with Crippen LogP contribution in [0.2, 0.25) is 0 Å². The maximum absolute atomic E-state index is 12.8. The average Bonchev–Trinajstić information content (AvgIpc) is 2.09. The molecular formula is C9H11BrFNO. The van der Waals surface area contributed by atoms with Crippen LogP contribution >= 0.6 is 15.9 Å². The Bertz CT molecular complexity index is 293. The van der Waals surface area contributed by atoms with E-state index in [1.54, 1.807) is 13.1 Å². The summed E-state index contributed by atoms with van der Waals surface area (Å²) in [6, 6.07) is 4.26. The number of hydrogen-bond acceptors (Lipinski definition) is 2. The van der Waals surface area contributed by atoms with E-state index in [1.807, 2.05) is 0 Å². The maximum atomic E-state index is 12.8. The standard InChI is InChI=1S/C9H11BrFNO/c1-12-5-9(13)7-4-6(11)2-3-8(7)10/h2-4,9,12-13H,5H2,1H3. The maximum Gasteiger partial charge on any atom is 0.123 e. The predicted octanol–water partition coefficient (Wildman–Crippen LogP) is 1.84. The Balaban J connectivity index is 2.91. The van der Waals surface area contributed by atoms with E-state index in [0.717, 1.165) is 4.47 Å². The van der Waals surface area contributed by atoms with Crippen LogP contribution < -0.4 is 5.32 Å². The molecule has 0 saturated carbocycles. The van der Waals surface area contributed by atoms with Crippen molar-refractivity contribution in [2.75, 3.05) is 13.6 Å². The summed E-state index contributed by atoms with van der Waals surface area (Å²) < 4.78 is 13.5. The molecule has 1 atom stereocenters. The first kappa shape index (κ1) is 10.6. The summed E-state index contributed by atoms with van der Waals surface area (Å²) in [5, 5.41) is 12.4. The second kappa shape index (κ2) is 4.69. The van der Waals surface area contributed by atoms with Crippen LogP contribution in [0.1, 0.15) is 11.7 Å². The minimum atomic E-state index is -0.685. The Morgan fingerprint density at radius 2 is 2.31 bits per heavy atom. The fraction of sp³-hybridized carbons (Fsp3) is 0.333. The number of benzene rings is 1. The van der Waals surface area contributed by atoms with Gasteiger partial charge in [0.1, 0.15) is 5.82 Å². The molecule has 0 amide bonds. The molecule has 2 nitrogen and oxygen atoms in total. The highest BCUT2D eigenvalue weighted by molar-refractivity contribution is 9.10. The van der Waals surface area contributed by atoms with Crippen LogP contribution in [0.3, 0.4) is 0 Å². The molecule has 0 heterocycles. The van der Waals surface area contributed by atoms with Gasteiger partial charge in [-0.15, -0.1) is 0 Å². The van der Waals surface area contributed by atoms with Crippen molar-refractivity contribution in [1.82, 2.24) is 5.32 Å². The lowest BCUT2D eigenvalue weighted by Gasteiger charge is -2.11. The molecule has 0 spiro atoms. The molecule has 2 N–H and O–H groups in total. The van der Waals surface area contributed by atoms with Crippen LogP contribution in [0.5, 0.6) is 0 Å². The number of aliphatic hydroxyl groups excluding tert-OH is 1. The Hall–Kier alpha value is -0.450. The van der Waals surface area contributed by atoms with Crippen molar-refractivity contribution in [3.05, 3.63) is 34.1 Å². The van der Waals surface area contributed by atoms with Crippen LogP contribution in [-0.2, 0) is 0 Å². The van der Waals surface area contributed by atoms with E-state index in [-0.39, 0.29) is 5.82 Å². The average molecular weight is 248 g/mol. The number of rotatable bonds is 3. The van der Waals surface area contributed by atoms with Gasteiger partial charge in [0, 0.05) is 11.0 Å². The van der Waals surface area contributed by atoms with Gasteiger partial charge in [0.2, 0.25) is 0 Å². The third-order valence-electron chi connectivity index (χ3n) is 1.71. The second-order valence-electron chi connectivity index (χ2n) is 2.74. The molecule has 0 saturated heterocycles. The van der Waals surface area contributed by atoms with E-state index in [2.05, 4.69) is 21.2 Å². The van der Waals surface area contributed by atoms with Crippen LogP contribution in [-0.4, -0.2) is 18.7 Å². The first-order valence-corrected chi connectivity index (χ1v) is 4.72. The van der Waals surface area contributed by atoms with Gasteiger partial charge in [0.15, 0.2) is 0 Å². The first-order chi connectivity index (χ1) is 6.15. The monoisotopic (exact) mass is 247 g/mol. The van der Waals surface area contributed by atoms with Crippen molar-refractivity contribution in [1.29, 1.82) is 0 Å². The molecule has 0 aliphatic carbocycles. The van der Waals surface area contributed by atoms with Crippen molar-refractivity contribution in [3.63, 3.8) is 0 Å². The molecule has 0 bridgehead atoms. The molecule has 4 heteroatoms. The molecule has 1 rings (SSSR count). The minimum absolute atomic E-state index is 0.339. The fourth-order valence-corrected chi connectivity index (χ4v) is 1.58. The van der Waals surface area contributed by atoms with Crippen molar-refractivity contribution >= 4 is 15.9 Å². The Kier molecular flexibility index (Phi) is 3.84. The van der Waals surface area contributed by atoms with E-state index in [1.165, 1.54) is 12.1 Å². The quantitative estimate of drug-likeness (QED) is 0.855. The zero-order valence-electron chi connectivity index (χ0n) is 7.22. The number of aliphatic hydroxyl groups is 1. The zero-order chi connectivity index (χ0) is 9.84. The van der Waals surface area contributed by atoms with Gasteiger partial charge in [-0.2, -0.15) is 0 Å². The van der Waals surface area contributed by atoms with Gasteiger partial charge in [-0.3, -0.25) is 0 Å². The highest BCUT2D eigenvalue weighted by Gasteiger charge is 2.10. The number of likely N-dealkylation sites (N-methyl/N-ethyl adjacent to an activating group) is 1. The number of halogens is 2. The molecule has 0 aromatic heterocycles. The van der Waals surface area contributed by atoms with Crippen LogP contribution in [0.4, 0.5) is 4.39 Å². The molecule has 1 aromatic rings. The van der Waals surface area contributed by atoms with E-state index >= 15 is 0 Å². The third-order valence-corrected chi connectivity index (χ3v) is 2.44. The molecule has 0 fully saturated rings. The van der Waals surface area contributed by atoms with Crippen LogP contribution in [0.15, 0.2) is 22.7 Å². The molecular weight excluding hydrogens is 237 g/mol. The lowest BCUT2D eigenvalue weighted by atomic mass is 10.1. The normalized spacial score (nSPS) is 12.9. The summed E-state index contributed by atoms with van der Waals surface area (Å²) in [4.78, 5) is 0. The number of hydrogen-bond donors (Lipinski definition) is 2. The lowest BCUT2D eigenvalue weighted by Crippen LogP contribution is -2.17. The highest BCUT2D eigenvalue weighted by Crippen LogP contribution is 2.23. The predicted molar refractivity (Wildman–Crippen MR) is 53.0 cm³/mol. The summed E-state index contributed by atoms with van der Waals surface area (Å²) in [6.45, 7) is 0.405. The second-order valence-corrected chi connectivity index (χ2v) is 3.59. The van der Waals surface area contributed by atoms with Gasteiger partial charge < -0.3 is 10.4 Å². The van der Waals surface area contributed by atoms with Crippen molar-refractivity contribution in [2.45, 2.75) is 6.10 Å². The smallest absolute Gasteiger partial charge is 0.123 e. The van der Waals surface area contributed by atoms with Gasteiger partial charge in [0.05, 0.1) is 6.10 Å². The van der Waals surface area contributed by atoms with E-state index in [0.29, 0.717) is 12.1 Å². The molecule has 0 radical (unpaired) electrons. The summed E-state index contributed by atoms with van der Waals surface area (Å²) in [6.07, 6.45) is -0.685. The van der Waals surface area contributed by atoms with Gasteiger partial charge in [0.25, 0.3) is 0 Å². The Morgan fingerprint density at radius 3 is 2.92 bits per heavy atom. The Labute approximate surface area is 84.9 Å². The molecule has 1 aromatic carbocycles. The lowest BCUT2D eigenvalue weighted by molar-refractivity contribution is 0.176. The van der Waals surface area contributed by atoms with Crippen molar-refractivity contribution in [3.8, 4) is 0 Å². The van der Waals surface area contributed by atoms with Gasteiger partial charge in [-0.05, 0) is 30.8 Å². The minimum Gasteiger partial charge on any atom is -0.387 e. The molecule has 13 heavy (non-hydrogen) atoms. The third kappa shape index (κ3) is 2.76. The fourth-order valence-electron chi connectivity index (χ4n) is 1.07. The first-order valence-electron chi connectivity index (χ1n) is 3.92. The van der Waals surface area contributed by atoms with Crippen LogP contribution in [0, 0.1) is 5.82 Å². The molecule has 1 unspecified atom stereocenters. The van der Waals surface area contributed by atoms with Gasteiger partial charge in [-0.25, -0.2) is 4.39 Å². The van der Waals surface area contributed by atoms with E-state index < -0.39 is 6.10 Å². The summed E-state index contributed by atoms with van der Waals surface area (Å²) >= 11 is 3.25. The highest BCUT2D eigenvalue weighted by atomic mass is 79.9. The summed E-state index contributed by atoms with van der Waals surface area (Å²) in [5.74, 6) is -0.339. The van der Waals surface area contributed by atoms with E-state index in [4.69, 9.17) is 0 Å². The largest absolute Gasteiger partial charge is 0.387 e. The molecule has 0 aliphatic rings. The van der Waals surface area contributed by atoms with E-state index in [9.17, 15) is 9.50 Å². The molecule has 72 valence electrons. The zero-order valence-corrected chi connectivity index (χ0v) is 8.81. The number of nitrogens with one attached hydrogen (secondary N) is 1. The van der Waals surface area contributed by atoms with Crippen LogP contribution in [0.25, 0.3) is 0 Å². The summed E-state index contributed by atoms with van der Waals surface area (Å²) in [5.41, 5.74) is 0.564. The Morgan fingerprint density at radius 1 is 1.62 bits per heavy atom. The van der Waals surface area contributed by atoms with Crippen molar-refractivity contribution in [2.24, 2.45) is 0 Å². The van der Waals surface area contributed by atoms with Gasteiger partial charge in [-0.1, -0.05) is 15.9 Å². The SMILES string of the molecule is CNCC(O)c1cc(F)ccc1Br. The molecule has 0 aliphatic heterocycles. The summed E-state index contributed by atoms with van der Waals surface area (Å²) in [7, 11) is 1.73. The van der Waals surface area contributed by atoms with Crippen molar-refractivity contribution < 1.29 is 9.50 Å². The van der Waals surface area contributed by atoms with Gasteiger partial charge >= 0.3 is 0 Å².